The molecule has 2 aliphatic rings. The van der Waals surface area contributed by atoms with Gasteiger partial charge in [0.05, 0.1) is 12.7 Å². The lowest BCUT2D eigenvalue weighted by molar-refractivity contribution is -0.136. The van der Waals surface area contributed by atoms with Crippen molar-refractivity contribution >= 4 is 23.5 Å². The van der Waals surface area contributed by atoms with Crippen LogP contribution in [0.2, 0.25) is 0 Å². The average Bonchev–Trinajstić information content (AvgIpc) is 3.24. The molecule has 3 N–H and O–H groups in total. The zero-order chi connectivity index (χ0) is 21.7. The summed E-state index contributed by atoms with van der Waals surface area (Å²) in [7, 11) is 0. The Labute approximate surface area is 172 Å². The molecule has 3 atom stereocenters. The molecule has 0 spiro atoms. The summed E-state index contributed by atoms with van der Waals surface area (Å²) in [6.45, 7) is 0.0592. The minimum absolute atomic E-state index is 0.0896. The molecule has 11 nitrogen and oxygen atoms in total. The van der Waals surface area contributed by atoms with Gasteiger partial charge >= 0.3 is 5.69 Å². The van der Waals surface area contributed by atoms with E-state index in [9.17, 15) is 24.3 Å². The van der Waals surface area contributed by atoms with Crippen LogP contribution in [0.1, 0.15) is 38.3 Å². The molecule has 2 aliphatic heterocycles. The topological polar surface area (TPSA) is 151 Å². The van der Waals surface area contributed by atoms with E-state index in [1.165, 1.54) is 24.4 Å². The van der Waals surface area contributed by atoms with Crippen LogP contribution in [0.4, 0.5) is 5.82 Å². The molecule has 1 aromatic heterocycles. The maximum atomic E-state index is 12.2. The van der Waals surface area contributed by atoms with Crippen LogP contribution < -0.4 is 11.0 Å². The number of hydrogen-bond donors (Lipinski definition) is 3. The van der Waals surface area contributed by atoms with Crippen molar-refractivity contribution < 1.29 is 29.3 Å². The maximum Gasteiger partial charge on any atom is 0.351 e. The number of aliphatic hydroxyl groups is 2. The van der Waals surface area contributed by atoms with Crippen molar-refractivity contribution in [1.29, 1.82) is 0 Å². The number of nitrogens with zero attached hydrogens (tertiary/aromatic N) is 3. The third-order valence-corrected chi connectivity index (χ3v) is 4.93. The number of amides is 3. The lowest BCUT2D eigenvalue weighted by atomic mass is 10.2. The van der Waals surface area contributed by atoms with Crippen LogP contribution in [-0.4, -0.2) is 67.7 Å². The summed E-state index contributed by atoms with van der Waals surface area (Å²) in [4.78, 5) is 52.1. The van der Waals surface area contributed by atoms with Gasteiger partial charge in [-0.05, 0) is 18.9 Å². The van der Waals surface area contributed by atoms with Gasteiger partial charge in [0.2, 0.25) is 5.91 Å². The molecule has 0 aliphatic carbocycles. The first-order chi connectivity index (χ1) is 14.4. The van der Waals surface area contributed by atoms with Crippen LogP contribution in [0.3, 0.4) is 0 Å². The number of ether oxygens (including phenoxy) is 1. The first-order valence-corrected chi connectivity index (χ1v) is 9.76. The van der Waals surface area contributed by atoms with E-state index in [-0.39, 0.29) is 43.0 Å². The summed E-state index contributed by atoms with van der Waals surface area (Å²) in [5.74, 6) is -0.860. The van der Waals surface area contributed by atoms with Crippen molar-refractivity contribution in [3.63, 3.8) is 0 Å². The van der Waals surface area contributed by atoms with Crippen LogP contribution in [0.5, 0.6) is 0 Å². The van der Waals surface area contributed by atoms with Crippen LogP contribution in [0.15, 0.2) is 29.2 Å². The number of carbonyl (C=O) groups is 3. The molecule has 11 heteroatoms. The Kier molecular flexibility index (Phi) is 7.08. The molecular formula is C19H24N4O7. The summed E-state index contributed by atoms with van der Waals surface area (Å²) < 4.78 is 6.54. The molecule has 3 amide bonds. The van der Waals surface area contributed by atoms with Gasteiger partial charge in [0.25, 0.3) is 11.8 Å². The van der Waals surface area contributed by atoms with E-state index in [2.05, 4.69) is 10.3 Å². The fraction of sp³-hybridized carbons (Fsp3) is 0.526. The zero-order valence-electron chi connectivity index (χ0n) is 16.3. The summed E-state index contributed by atoms with van der Waals surface area (Å²) >= 11 is 0. The molecule has 162 valence electrons. The zero-order valence-corrected chi connectivity index (χ0v) is 16.3. The number of carbonyl (C=O) groups excluding carboxylic acids is 3. The summed E-state index contributed by atoms with van der Waals surface area (Å²) in [6.07, 6.45) is 3.64. The number of aromatic nitrogens is 2. The number of hydrogen-bond acceptors (Lipinski definition) is 8. The Morgan fingerprint density at radius 1 is 1.20 bits per heavy atom. The van der Waals surface area contributed by atoms with Crippen LogP contribution in [-0.2, 0) is 19.1 Å². The molecular weight excluding hydrogens is 396 g/mol. The highest BCUT2D eigenvalue weighted by Gasteiger charge is 2.35. The molecule has 0 aromatic carbocycles. The van der Waals surface area contributed by atoms with Gasteiger partial charge in [0, 0.05) is 37.7 Å². The molecule has 0 unspecified atom stereocenters. The highest BCUT2D eigenvalue weighted by Crippen LogP contribution is 2.27. The monoisotopic (exact) mass is 420 g/mol. The highest BCUT2D eigenvalue weighted by molar-refractivity contribution is 6.12. The number of anilines is 1. The summed E-state index contributed by atoms with van der Waals surface area (Å²) in [6, 6.07) is 1.43. The standard InChI is InChI=1S/C19H24N4O7/c24-11-12-10-13(25)18(30-12)23-9-7-14(21-19(23)29)20-15(26)4-2-1-3-8-22-16(27)5-6-17(22)28/h5-7,9,12-13,18,24-25H,1-4,8,10-11H2,(H,20,21,26,29)/t12-,13-,18+/m0/s1. The Bertz CT molecular complexity index is 879. The second-order valence-electron chi connectivity index (χ2n) is 7.16. The third-order valence-electron chi connectivity index (χ3n) is 4.93. The van der Waals surface area contributed by atoms with E-state index in [4.69, 9.17) is 9.84 Å². The van der Waals surface area contributed by atoms with Crippen LogP contribution in [0, 0.1) is 0 Å². The fourth-order valence-electron chi connectivity index (χ4n) is 3.36. The Morgan fingerprint density at radius 2 is 1.93 bits per heavy atom. The largest absolute Gasteiger partial charge is 0.394 e. The van der Waals surface area contributed by atoms with E-state index >= 15 is 0 Å². The number of aliphatic hydroxyl groups excluding tert-OH is 2. The second kappa shape index (κ2) is 9.74. The lowest BCUT2D eigenvalue weighted by Crippen LogP contribution is -2.32. The number of unbranched alkanes of at least 4 members (excludes halogenated alkanes) is 2. The SMILES string of the molecule is O=C(CCCCCN1C(=O)C=CC1=O)Nc1ccn([C@@H]2O[C@H](CO)C[C@@H]2O)c(=O)n1. The number of nitrogens with one attached hydrogen (secondary N) is 1. The quantitative estimate of drug-likeness (QED) is 0.351. The van der Waals surface area contributed by atoms with E-state index in [1.807, 2.05) is 0 Å². The molecule has 1 fully saturated rings. The van der Waals surface area contributed by atoms with E-state index < -0.39 is 24.1 Å². The second-order valence-corrected chi connectivity index (χ2v) is 7.16. The molecule has 30 heavy (non-hydrogen) atoms. The normalized spacial score (nSPS) is 23.4. The minimum atomic E-state index is -0.941. The van der Waals surface area contributed by atoms with Gasteiger partial charge in [0.1, 0.15) is 11.9 Å². The van der Waals surface area contributed by atoms with Crippen molar-refractivity contribution in [3.8, 4) is 0 Å². The fourth-order valence-corrected chi connectivity index (χ4v) is 3.36. The van der Waals surface area contributed by atoms with Gasteiger partial charge < -0.3 is 20.3 Å². The first-order valence-electron chi connectivity index (χ1n) is 9.76. The molecule has 3 rings (SSSR count). The van der Waals surface area contributed by atoms with E-state index in [1.54, 1.807) is 0 Å². The predicted molar refractivity (Wildman–Crippen MR) is 103 cm³/mol. The molecule has 0 radical (unpaired) electrons. The molecule has 1 aromatic rings. The third kappa shape index (κ3) is 5.17. The Balaban J connectivity index is 1.42. The maximum absolute atomic E-state index is 12.2. The van der Waals surface area contributed by atoms with Gasteiger partial charge in [-0.3, -0.25) is 23.9 Å². The van der Waals surface area contributed by atoms with Crippen molar-refractivity contribution in [2.75, 3.05) is 18.5 Å². The lowest BCUT2D eigenvalue weighted by Gasteiger charge is -2.17. The van der Waals surface area contributed by atoms with Crippen LogP contribution >= 0.6 is 0 Å². The molecule has 0 saturated carbocycles. The van der Waals surface area contributed by atoms with Crippen LogP contribution in [0.25, 0.3) is 0 Å². The minimum Gasteiger partial charge on any atom is -0.394 e. The van der Waals surface area contributed by atoms with E-state index in [0.29, 0.717) is 25.8 Å². The smallest absolute Gasteiger partial charge is 0.351 e. The molecule has 3 heterocycles. The molecule has 1 saturated heterocycles. The van der Waals surface area contributed by atoms with Gasteiger partial charge in [-0.25, -0.2) is 4.79 Å². The highest BCUT2D eigenvalue weighted by atomic mass is 16.5. The number of rotatable bonds is 9. The van der Waals surface area contributed by atoms with Crippen molar-refractivity contribution in [1.82, 2.24) is 14.5 Å². The number of imide groups is 1. The Morgan fingerprint density at radius 3 is 2.57 bits per heavy atom. The Hall–Kier alpha value is -2.89. The van der Waals surface area contributed by atoms with Crippen molar-refractivity contribution in [3.05, 3.63) is 34.9 Å². The molecule has 0 bridgehead atoms. The van der Waals surface area contributed by atoms with Gasteiger partial charge in [-0.1, -0.05) is 6.42 Å². The summed E-state index contributed by atoms with van der Waals surface area (Å²) in [5.41, 5.74) is -0.691. The van der Waals surface area contributed by atoms with Crippen molar-refractivity contribution in [2.45, 2.75) is 50.5 Å². The van der Waals surface area contributed by atoms with Crippen molar-refractivity contribution in [2.24, 2.45) is 0 Å². The summed E-state index contributed by atoms with van der Waals surface area (Å²) in [5, 5.41) is 21.6. The first kappa shape index (κ1) is 21.8. The average molecular weight is 420 g/mol. The van der Waals surface area contributed by atoms with Gasteiger partial charge in [0.15, 0.2) is 6.23 Å². The van der Waals surface area contributed by atoms with Gasteiger partial charge in [-0.2, -0.15) is 4.98 Å². The predicted octanol–water partition coefficient (Wildman–Crippen LogP) is -0.692. The van der Waals surface area contributed by atoms with Gasteiger partial charge in [-0.15, -0.1) is 0 Å². The van der Waals surface area contributed by atoms with E-state index in [0.717, 1.165) is 9.47 Å².